The Balaban J connectivity index is 2.31. The fourth-order valence-corrected chi connectivity index (χ4v) is 3.85. The Morgan fingerprint density at radius 3 is 1.88 bits per heavy atom. The van der Waals surface area contributed by atoms with Crippen molar-refractivity contribution in [3.63, 3.8) is 0 Å². The first kappa shape index (κ1) is 30.1. The van der Waals surface area contributed by atoms with E-state index in [1.807, 2.05) is 0 Å². The molecular formula is C28H47NO5. The number of carbonyl (C=O) groups excluding carboxylic acids is 2. The summed E-state index contributed by atoms with van der Waals surface area (Å²) in [7, 11) is 1.67. The van der Waals surface area contributed by atoms with E-state index in [1.165, 1.54) is 51.4 Å². The molecule has 0 N–H and O–H groups in total. The smallest absolute Gasteiger partial charge is 0.356 e. The van der Waals surface area contributed by atoms with Crippen molar-refractivity contribution in [2.75, 3.05) is 26.9 Å². The van der Waals surface area contributed by atoms with E-state index in [2.05, 4.69) is 18.8 Å². The van der Waals surface area contributed by atoms with Crippen molar-refractivity contribution < 1.29 is 23.8 Å². The molecule has 0 bridgehead atoms. The van der Waals surface area contributed by atoms with Gasteiger partial charge >= 0.3 is 11.9 Å². The molecule has 6 heteroatoms. The lowest BCUT2D eigenvalue weighted by atomic mass is 10.00. The fourth-order valence-electron chi connectivity index (χ4n) is 3.85. The third-order valence-corrected chi connectivity index (χ3v) is 6.04. The van der Waals surface area contributed by atoms with Crippen LogP contribution in [0.3, 0.4) is 0 Å². The van der Waals surface area contributed by atoms with Gasteiger partial charge in [0.25, 0.3) is 0 Å². The molecule has 0 saturated carbocycles. The Morgan fingerprint density at radius 2 is 1.29 bits per heavy atom. The first-order chi connectivity index (χ1) is 16.6. The molecule has 0 radical (unpaired) electrons. The molecule has 0 aliphatic rings. The minimum atomic E-state index is -0.511. The summed E-state index contributed by atoms with van der Waals surface area (Å²) in [5.74, 6) is -0.743. The van der Waals surface area contributed by atoms with Gasteiger partial charge in [0.15, 0.2) is 0 Å². The molecule has 0 aliphatic carbocycles. The van der Waals surface area contributed by atoms with Crippen molar-refractivity contribution in [1.82, 2.24) is 4.98 Å². The molecule has 1 aromatic rings. The first-order valence-corrected chi connectivity index (χ1v) is 13.4. The zero-order valence-corrected chi connectivity index (χ0v) is 21.8. The second kappa shape index (κ2) is 20.4. The number of carbonyl (C=O) groups is 2. The van der Waals surface area contributed by atoms with Gasteiger partial charge in [0.2, 0.25) is 0 Å². The molecule has 194 valence electrons. The van der Waals surface area contributed by atoms with Crippen molar-refractivity contribution >= 4 is 11.9 Å². The van der Waals surface area contributed by atoms with E-state index in [0.29, 0.717) is 19.8 Å². The van der Waals surface area contributed by atoms with Crippen LogP contribution in [0.1, 0.15) is 125 Å². The number of hydrogen-bond acceptors (Lipinski definition) is 6. The Bertz CT molecular complexity index is 656. The van der Waals surface area contributed by atoms with E-state index >= 15 is 0 Å². The summed E-state index contributed by atoms with van der Waals surface area (Å²) in [5, 5.41) is 0. The highest BCUT2D eigenvalue weighted by atomic mass is 16.5. The fraction of sp³-hybridized carbons (Fsp3) is 0.750. The summed E-state index contributed by atoms with van der Waals surface area (Å²) in [6.45, 7) is 5.74. The monoisotopic (exact) mass is 477 g/mol. The van der Waals surface area contributed by atoms with E-state index in [-0.39, 0.29) is 17.3 Å². The Kier molecular flexibility index (Phi) is 18.1. The van der Waals surface area contributed by atoms with E-state index in [0.717, 1.165) is 38.5 Å². The number of methoxy groups -OCH3 is 1. The molecule has 1 aromatic heterocycles. The lowest BCUT2D eigenvalue weighted by Crippen LogP contribution is -2.18. The number of ether oxygens (including phenoxy) is 3. The van der Waals surface area contributed by atoms with Crippen molar-refractivity contribution in [1.29, 1.82) is 0 Å². The van der Waals surface area contributed by atoms with Gasteiger partial charge in [-0.15, -0.1) is 0 Å². The standard InChI is InChI=1S/C28H47NO5/c1-4-6-8-9-10-11-12-13-14-15-21-33-27(30)25-18-16-19-26(29-25)28(31)34-23-24(17-7-5-2)20-22-32-3/h16,18-19,24H,4-15,17,20-23H2,1-3H3. The second-order valence-electron chi connectivity index (χ2n) is 9.11. The van der Waals surface area contributed by atoms with Crippen molar-refractivity contribution in [2.24, 2.45) is 5.92 Å². The molecule has 1 heterocycles. The molecule has 0 fully saturated rings. The van der Waals surface area contributed by atoms with Gasteiger partial charge in [-0.2, -0.15) is 0 Å². The predicted molar refractivity (Wildman–Crippen MR) is 136 cm³/mol. The van der Waals surface area contributed by atoms with Crippen LogP contribution in [0.25, 0.3) is 0 Å². The Hall–Kier alpha value is -1.95. The van der Waals surface area contributed by atoms with Crippen LogP contribution in [-0.4, -0.2) is 43.9 Å². The number of rotatable bonds is 21. The molecule has 0 amide bonds. The highest BCUT2D eigenvalue weighted by Crippen LogP contribution is 2.15. The van der Waals surface area contributed by atoms with Crippen molar-refractivity contribution in [3.8, 4) is 0 Å². The topological polar surface area (TPSA) is 74.7 Å². The van der Waals surface area contributed by atoms with Crippen LogP contribution in [0, 0.1) is 5.92 Å². The van der Waals surface area contributed by atoms with Crippen LogP contribution in [-0.2, 0) is 14.2 Å². The lowest BCUT2D eigenvalue weighted by Gasteiger charge is -2.16. The summed E-state index contributed by atoms with van der Waals surface area (Å²) < 4.78 is 16.0. The Morgan fingerprint density at radius 1 is 0.735 bits per heavy atom. The van der Waals surface area contributed by atoms with Crippen molar-refractivity contribution in [2.45, 2.75) is 104 Å². The van der Waals surface area contributed by atoms with Crippen LogP contribution >= 0.6 is 0 Å². The highest BCUT2D eigenvalue weighted by Gasteiger charge is 2.17. The maximum Gasteiger partial charge on any atom is 0.356 e. The minimum Gasteiger partial charge on any atom is -0.461 e. The van der Waals surface area contributed by atoms with Gasteiger partial charge < -0.3 is 14.2 Å². The van der Waals surface area contributed by atoms with E-state index < -0.39 is 11.9 Å². The van der Waals surface area contributed by atoms with Crippen molar-refractivity contribution in [3.05, 3.63) is 29.6 Å². The third-order valence-electron chi connectivity index (χ3n) is 6.04. The minimum absolute atomic E-state index is 0.134. The molecule has 1 rings (SSSR count). The van der Waals surface area contributed by atoms with Crippen LogP contribution in [0.5, 0.6) is 0 Å². The lowest BCUT2D eigenvalue weighted by molar-refractivity contribution is 0.0392. The number of esters is 2. The van der Waals surface area contributed by atoms with Gasteiger partial charge in [-0.3, -0.25) is 0 Å². The normalized spacial score (nSPS) is 11.9. The van der Waals surface area contributed by atoms with Gasteiger partial charge in [-0.1, -0.05) is 90.5 Å². The number of nitrogens with zero attached hydrogens (tertiary/aromatic N) is 1. The molecule has 0 aliphatic heterocycles. The van der Waals surface area contributed by atoms with Gasteiger partial charge in [-0.05, 0) is 37.3 Å². The molecule has 0 aromatic carbocycles. The summed E-state index contributed by atoms with van der Waals surface area (Å²) in [6, 6.07) is 4.78. The van der Waals surface area contributed by atoms with Gasteiger partial charge in [0.1, 0.15) is 11.4 Å². The summed E-state index contributed by atoms with van der Waals surface area (Å²) in [6.07, 6.45) is 16.3. The van der Waals surface area contributed by atoms with Gasteiger partial charge in [-0.25, -0.2) is 14.6 Å². The van der Waals surface area contributed by atoms with Gasteiger partial charge in [0.05, 0.1) is 13.2 Å². The van der Waals surface area contributed by atoms with E-state index in [4.69, 9.17) is 14.2 Å². The molecule has 1 unspecified atom stereocenters. The molecule has 0 spiro atoms. The zero-order valence-electron chi connectivity index (χ0n) is 21.8. The number of unbranched alkanes of at least 4 members (excludes halogenated alkanes) is 10. The Labute approximate surface area is 207 Å². The second-order valence-corrected chi connectivity index (χ2v) is 9.11. The molecular weight excluding hydrogens is 430 g/mol. The van der Waals surface area contributed by atoms with E-state index in [9.17, 15) is 9.59 Å². The molecule has 1 atom stereocenters. The number of aromatic nitrogens is 1. The number of hydrogen-bond donors (Lipinski definition) is 0. The maximum absolute atomic E-state index is 12.5. The summed E-state index contributed by atoms with van der Waals surface area (Å²) in [5.41, 5.74) is 0.276. The van der Waals surface area contributed by atoms with Crippen LogP contribution in [0.4, 0.5) is 0 Å². The first-order valence-electron chi connectivity index (χ1n) is 13.4. The zero-order chi connectivity index (χ0) is 24.9. The average Bonchev–Trinajstić information content (AvgIpc) is 2.86. The van der Waals surface area contributed by atoms with Crippen LogP contribution < -0.4 is 0 Å². The number of pyridine rings is 1. The quantitative estimate of drug-likeness (QED) is 0.138. The largest absolute Gasteiger partial charge is 0.461 e. The van der Waals surface area contributed by atoms with Gasteiger partial charge in [0, 0.05) is 13.7 Å². The predicted octanol–water partition coefficient (Wildman–Crippen LogP) is 7.16. The molecule has 6 nitrogen and oxygen atoms in total. The molecule has 0 saturated heterocycles. The molecule has 34 heavy (non-hydrogen) atoms. The van der Waals surface area contributed by atoms with E-state index in [1.54, 1.807) is 25.3 Å². The maximum atomic E-state index is 12.5. The summed E-state index contributed by atoms with van der Waals surface area (Å²) >= 11 is 0. The highest BCUT2D eigenvalue weighted by molar-refractivity contribution is 5.91. The average molecular weight is 478 g/mol. The third kappa shape index (κ3) is 14.3. The van der Waals surface area contributed by atoms with Crippen LogP contribution in [0.15, 0.2) is 18.2 Å². The summed E-state index contributed by atoms with van der Waals surface area (Å²) in [4.78, 5) is 29.0. The SMILES string of the molecule is CCCCCCCCCCCCOC(=O)c1cccc(C(=O)OCC(CCCC)CCOC)n1. The van der Waals surface area contributed by atoms with Crippen LogP contribution in [0.2, 0.25) is 0 Å².